The normalized spacial score (nSPS) is 21.9. The smallest absolute Gasteiger partial charge is 0.407 e. The van der Waals surface area contributed by atoms with Crippen LogP contribution in [0.4, 0.5) is 4.79 Å². The second-order valence-electron chi connectivity index (χ2n) is 6.26. The Kier molecular flexibility index (Phi) is 4.73. The Balaban J connectivity index is 2.08. The minimum absolute atomic E-state index is 0.00356. The molecular weight excluding hydrogens is 268 g/mol. The summed E-state index contributed by atoms with van der Waals surface area (Å²) in [6.07, 6.45) is -0.379. The molecule has 0 saturated carbocycles. The second-order valence-corrected chi connectivity index (χ2v) is 6.26. The molecule has 2 N–H and O–H groups in total. The fourth-order valence-corrected chi connectivity index (χ4v) is 2.59. The topological polar surface area (TPSA) is 59.6 Å². The number of para-hydroxylation sites is 1. The van der Waals surface area contributed by atoms with Gasteiger partial charge in [0.1, 0.15) is 11.4 Å². The van der Waals surface area contributed by atoms with Crippen molar-refractivity contribution in [3.63, 3.8) is 0 Å². The number of methoxy groups -OCH3 is 1. The van der Waals surface area contributed by atoms with Crippen molar-refractivity contribution >= 4 is 6.09 Å². The van der Waals surface area contributed by atoms with Crippen molar-refractivity contribution in [3.8, 4) is 5.75 Å². The minimum Gasteiger partial charge on any atom is -0.496 e. The highest BCUT2D eigenvalue weighted by molar-refractivity contribution is 5.68. The molecule has 0 aliphatic carbocycles. The maximum Gasteiger partial charge on any atom is 0.407 e. The van der Waals surface area contributed by atoms with Crippen molar-refractivity contribution in [1.29, 1.82) is 0 Å². The van der Waals surface area contributed by atoms with E-state index in [0.29, 0.717) is 0 Å². The molecule has 0 spiro atoms. The maximum atomic E-state index is 12.0. The molecular formula is C16H24N2O3. The molecule has 1 saturated heterocycles. The Labute approximate surface area is 126 Å². The van der Waals surface area contributed by atoms with Gasteiger partial charge in [0.05, 0.1) is 13.2 Å². The standard InChI is InChI=1S/C16H24N2O3/c1-16(2,3)21-15(19)18-13-10-17-9-12(13)11-7-5-6-8-14(11)20-4/h5-8,12-13,17H,9-10H2,1-4H3,(H,18,19)/t12-,13+/m1/s1. The van der Waals surface area contributed by atoms with E-state index < -0.39 is 5.60 Å². The van der Waals surface area contributed by atoms with E-state index >= 15 is 0 Å². The number of benzene rings is 1. The van der Waals surface area contributed by atoms with Gasteiger partial charge >= 0.3 is 6.09 Å². The van der Waals surface area contributed by atoms with E-state index in [-0.39, 0.29) is 18.1 Å². The van der Waals surface area contributed by atoms with Gasteiger partial charge in [-0.2, -0.15) is 0 Å². The Bertz CT molecular complexity index is 497. The van der Waals surface area contributed by atoms with Crippen LogP contribution in [0.5, 0.6) is 5.75 Å². The quantitative estimate of drug-likeness (QED) is 0.897. The predicted molar refractivity (Wildman–Crippen MR) is 81.8 cm³/mol. The van der Waals surface area contributed by atoms with Crippen LogP contribution in [0, 0.1) is 0 Å². The van der Waals surface area contributed by atoms with Crippen LogP contribution in [-0.4, -0.2) is 37.9 Å². The number of carbonyl (C=O) groups is 1. The number of carbonyl (C=O) groups excluding carboxylic acids is 1. The molecule has 1 aliphatic rings. The van der Waals surface area contributed by atoms with Crippen molar-refractivity contribution in [2.24, 2.45) is 0 Å². The lowest BCUT2D eigenvalue weighted by Gasteiger charge is -2.25. The van der Waals surface area contributed by atoms with Crippen molar-refractivity contribution in [2.45, 2.75) is 38.3 Å². The summed E-state index contributed by atoms with van der Waals surface area (Å²) in [6.45, 7) is 7.11. The van der Waals surface area contributed by atoms with Gasteiger partial charge in [0.2, 0.25) is 0 Å². The van der Waals surface area contributed by atoms with Crippen LogP contribution in [0.15, 0.2) is 24.3 Å². The van der Waals surface area contributed by atoms with Gasteiger partial charge in [-0.25, -0.2) is 4.79 Å². The lowest BCUT2D eigenvalue weighted by Crippen LogP contribution is -2.42. The molecule has 5 heteroatoms. The van der Waals surface area contributed by atoms with Crippen LogP contribution in [0.3, 0.4) is 0 Å². The van der Waals surface area contributed by atoms with Crippen molar-refractivity contribution < 1.29 is 14.3 Å². The monoisotopic (exact) mass is 292 g/mol. The average molecular weight is 292 g/mol. The number of ether oxygens (including phenoxy) is 2. The van der Waals surface area contributed by atoms with Gasteiger partial charge in [0, 0.05) is 24.6 Å². The second kappa shape index (κ2) is 6.35. The van der Waals surface area contributed by atoms with Gasteiger partial charge in [0.25, 0.3) is 0 Å². The molecule has 0 unspecified atom stereocenters. The molecule has 5 nitrogen and oxygen atoms in total. The number of nitrogens with one attached hydrogen (secondary N) is 2. The molecule has 1 aromatic rings. The largest absolute Gasteiger partial charge is 0.496 e. The third kappa shape index (κ3) is 4.11. The van der Waals surface area contributed by atoms with Crippen LogP contribution in [0.25, 0.3) is 0 Å². The van der Waals surface area contributed by atoms with Crippen molar-refractivity contribution in [2.75, 3.05) is 20.2 Å². The zero-order chi connectivity index (χ0) is 15.5. The molecule has 0 radical (unpaired) electrons. The van der Waals surface area contributed by atoms with E-state index in [1.54, 1.807) is 7.11 Å². The highest BCUT2D eigenvalue weighted by Gasteiger charge is 2.32. The zero-order valence-corrected chi connectivity index (χ0v) is 13.1. The van der Waals surface area contributed by atoms with Crippen LogP contribution in [0.2, 0.25) is 0 Å². The minimum atomic E-state index is -0.490. The molecule has 1 fully saturated rings. The number of rotatable bonds is 3. The summed E-state index contributed by atoms with van der Waals surface area (Å²) in [5.41, 5.74) is 0.613. The molecule has 2 rings (SSSR count). The van der Waals surface area contributed by atoms with Gasteiger partial charge in [-0.05, 0) is 26.8 Å². The number of hydrogen-bond acceptors (Lipinski definition) is 4. The Morgan fingerprint density at radius 3 is 2.67 bits per heavy atom. The molecule has 2 atom stereocenters. The van der Waals surface area contributed by atoms with Gasteiger partial charge in [-0.1, -0.05) is 18.2 Å². The first-order chi connectivity index (χ1) is 9.90. The Morgan fingerprint density at radius 2 is 2.00 bits per heavy atom. The highest BCUT2D eigenvalue weighted by Crippen LogP contribution is 2.30. The average Bonchev–Trinajstić information content (AvgIpc) is 2.84. The molecule has 1 aromatic carbocycles. The van der Waals surface area contributed by atoms with Crippen LogP contribution in [0.1, 0.15) is 32.3 Å². The molecule has 21 heavy (non-hydrogen) atoms. The molecule has 116 valence electrons. The first-order valence-corrected chi connectivity index (χ1v) is 7.24. The first-order valence-electron chi connectivity index (χ1n) is 7.24. The number of amides is 1. The number of hydrogen-bond donors (Lipinski definition) is 2. The fraction of sp³-hybridized carbons (Fsp3) is 0.562. The Hall–Kier alpha value is -1.75. The van der Waals surface area contributed by atoms with Crippen LogP contribution >= 0.6 is 0 Å². The van der Waals surface area contributed by atoms with E-state index in [0.717, 1.165) is 24.4 Å². The van der Waals surface area contributed by atoms with Gasteiger partial charge in [-0.3, -0.25) is 0 Å². The van der Waals surface area contributed by atoms with E-state index in [1.807, 2.05) is 45.0 Å². The van der Waals surface area contributed by atoms with Gasteiger partial charge in [-0.15, -0.1) is 0 Å². The fourth-order valence-electron chi connectivity index (χ4n) is 2.59. The molecule has 0 bridgehead atoms. The molecule has 1 heterocycles. The third-order valence-electron chi connectivity index (χ3n) is 3.45. The summed E-state index contributed by atoms with van der Waals surface area (Å²) >= 11 is 0. The Morgan fingerprint density at radius 1 is 1.29 bits per heavy atom. The number of alkyl carbamates (subject to hydrolysis) is 1. The van der Waals surface area contributed by atoms with Crippen LogP contribution < -0.4 is 15.4 Å². The lowest BCUT2D eigenvalue weighted by atomic mass is 9.93. The summed E-state index contributed by atoms with van der Waals surface area (Å²) in [4.78, 5) is 12.0. The third-order valence-corrected chi connectivity index (χ3v) is 3.45. The van der Waals surface area contributed by atoms with E-state index in [4.69, 9.17) is 9.47 Å². The first kappa shape index (κ1) is 15.6. The maximum absolute atomic E-state index is 12.0. The summed E-state index contributed by atoms with van der Waals surface area (Å²) in [7, 11) is 1.66. The highest BCUT2D eigenvalue weighted by atomic mass is 16.6. The van der Waals surface area contributed by atoms with E-state index in [1.165, 1.54) is 0 Å². The van der Waals surface area contributed by atoms with Crippen molar-refractivity contribution in [3.05, 3.63) is 29.8 Å². The summed E-state index contributed by atoms with van der Waals surface area (Å²) in [6, 6.07) is 7.91. The van der Waals surface area contributed by atoms with Crippen LogP contribution in [-0.2, 0) is 4.74 Å². The van der Waals surface area contributed by atoms with E-state index in [9.17, 15) is 4.79 Å². The molecule has 0 aromatic heterocycles. The molecule has 1 aliphatic heterocycles. The lowest BCUT2D eigenvalue weighted by molar-refractivity contribution is 0.0504. The molecule has 1 amide bonds. The summed E-state index contributed by atoms with van der Waals surface area (Å²) in [5.74, 6) is 1.02. The zero-order valence-electron chi connectivity index (χ0n) is 13.1. The SMILES string of the molecule is COc1ccccc1[C@H]1CNC[C@@H]1NC(=O)OC(C)(C)C. The van der Waals surface area contributed by atoms with Gasteiger partial charge < -0.3 is 20.1 Å². The van der Waals surface area contributed by atoms with Crippen molar-refractivity contribution in [1.82, 2.24) is 10.6 Å². The summed E-state index contributed by atoms with van der Waals surface area (Å²) < 4.78 is 10.8. The summed E-state index contributed by atoms with van der Waals surface area (Å²) in [5, 5.41) is 6.27. The predicted octanol–water partition coefficient (Wildman–Crippen LogP) is 2.28. The van der Waals surface area contributed by atoms with Gasteiger partial charge in [0.15, 0.2) is 0 Å². The van der Waals surface area contributed by atoms with E-state index in [2.05, 4.69) is 10.6 Å².